The molecule has 12 nitrogen and oxygen atoms in total. The van der Waals surface area contributed by atoms with Gasteiger partial charge in [-0.3, -0.25) is 14.4 Å². The number of nitrogens with one attached hydrogen (secondary N) is 3. The first-order valence-electron chi connectivity index (χ1n) is 14.7. The largest absolute Gasteiger partial charge is 0.355 e. The van der Waals surface area contributed by atoms with Gasteiger partial charge in [-0.25, -0.2) is 4.68 Å². The molecular weight excluding hydrogens is 546 g/mol. The first-order chi connectivity index (χ1) is 20.8. The molecule has 1 aliphatic heterocycles. The molecule has 43 heavy (non-hydrogen) atoms. The molecule has 6 rings (SSSR count). The average Bonchev–Trinajstić information content (AvgIpc) is 3.53. The molecule has 12 heteroatoms. The highest BCUT2D eigenvalue weighted by atomic mass is 16.2. The quantitative estimate of drug-likeness (QED) is 0.331. The van der Waals surface area contributed by atoms with Crippen LogP contribution in [0.15, 0.2) is 36.4 Å². The van der Waals surface area contributed by atoms with Gasteiger partial charge in [0, 0.05) is 38.3 Å². The van der Waals surface area contributed by atoms with Crippen molar-refractivity contribution in [1.82, 2.24) is 41.1 Å². The molecule has 0 unspecified atom stereocenters. The van der Waals surface area contributed by atoms with E-state index in [1.165, 1.54) is 0 Å². The molecule has 2 aromatic carbocycles. The minimum Gasteiger partial charge on any atom is -0.355 e. The Bertz CT molecular complexity index is 1570. The van der Waals surface area contributed by atoms with Crippen LogP contribution in [-0.4, -0.2) is 82.1 Å². The highest BCUT2D eigenvalue weighted by Gasteiger charge is 2.54. The van der Waals surface area contributed by atoms with Crippen LogP contribution >= 0.6 is 0 Å². The van der Waals surface area contributed by atoms with E-state index in [4.69, 9.17) is 0 Å². The zero-order valence-corrected chi connectivity index (χ0v) is 24.6. The zero-order valence-electron chi connectivity index (χ0n) is 24.6. The highest BCUT2D eigenvalue weighted by molar-refractivity contribution is 5.95. The van der Waals surface area contributed by atoms with Crippen LogP contribution < -0.4 is 16.0 Å². The zero-order chi connectivity index (χ0) is 30.3. The Balaban J connectivity index is 1.40. The summed E-state index contributed by atoms with van der Waals surface area (Å²) < 4.78 is 1.67. The van der Waals surface area contributed by atoms with E-state index >= 15 is 0 Å². The van der Waals surface area contributed by atoms with Gasteiger partial charge in [0.25, 0.3) is 11.8 Å². The number of amides is 3. The summed E-state index contributed by atoms with van der Waals surface area (Å²) in [5.41, 5.74) is 4.21. The van der Waals surface area contributed by atoms with Crippen LogP contribution in [0.25, 0.3) is 0 Å². The summed E-state index contributed by atoms with van der Waals surface area (Å²) in [5, 5.41) is 31.0. The summed E-state index contributed by atoms with van der Waals surface area (Å²) in [5.74, 6) is 0.674. The van der Waals surface area contributed by atoms with Crippen LogP contribution in [0.5, 0.6) is 0 Å². The second kappa shape index (κ2) is 11.2. The van der Waals surface area contributed by atoms with Crippen molar-refractivity contribution in [3.05, 3.63) is 75.6 Å². The summed E-state index contributed by atoms with van der Waals surface area (Å²) in [6.45, 7) is 0.574. The van der Waals surface area contributed by atoms with Crippen molar-refractivity contribution in [2.24, 2.45) is 13.0 Å². The van der Waals surface area contributed by atoms with Crippen LogP contribution in [0.4, 0.5) is 0 Å². The van der Waals surface area contributed by atoms with Crippen LogP contribution in [-0.2, 0) is 30.1 Å². The van der Waals surface area contributed by atoms with Gasteiger partial charge in [0.2, 0.25) is 5.91 Å². The third-order valence-electron chi connectivity index (χ3n) is 9.27. The predicted octanol–water partition coefficient (Wildman–Crippen LogP) is 0.855. The summed E-state index contributed by atoms with van der Waals surface area (Å²) >= 11 is 0. The Hall–Kier alpha value is -4.63. The number of hydrogen-bond acceptors (Lipinski definition) is 8. The molecule has 1 aromatic heterocycles. The van der Waals surface area contributed by atoms with Gasteiger partial charge in [-0.15, -0.1) is 5.10 Å². The molecule has 2 fully saturated rings. The summed E-state index contributed by atoms with van der Waals surface area (Å²) in [4.78, 5) is 40.1. The molecule has 3 N–H and O–H groups in total. The first-order valence-corrected chi connectivity index (χ1v) is 14.7. The second-order valence-corrected chi connectivity index (χ2v) is 11.6. The average molecular weight is 582 g/mol. The van der Waals surface area contributed by atoms with Crippen LogP contribution in [0.1, 0.15) is 68.1 Å². The number of aryl methyl sites for hydroxylation is 3. The first kappa shape index (κ1) is 28.5. The van der Waals surface area contributed by atoms with Gasteiger partial charge in [-0.05, 0) is 102 Å². The molecule has 222 valence electrons. The molecule has 3 aliphatic rings. The molecular formula is C31H35N9O3. The Morgan fingerprint density at radius 2 is 1.63 bits per heavy atom. The van der Waals surface area contributed by atoms with Crippen molar-refractivity contribution in [2.45, 2.75) is 49.6 Å². The molecule has 1 saturated heterocycles. The fraction of sp³-hybridized carbons (Fsp3) is 0.452. The van der Waals surface area contributed by atoms with Gasteiger partial charge in [0.05, 0.1) is 18.0 Å². The number of tetrazole rings is 1. The van der Waals surface area contributed by atoms with Gasteiger partial charge in [-0.2, -0.15) is 5.26 Å². The number of nitrogens with zero attached hydrogens (tertiary/aromatic N) is 6. The van der Waals surface area contributed by atoms with Gasteiger partial charge in [0.15, 0.2) is 5.82 Å². The van der Waals surface area contributed by atoms with Crippen molar-refractivity contribution >= 4 is 17.7 Å². The number of rotatable bonds is 8. The maximum absolute atomic E-state index is 13.2. The van der Waals surface area contributed by atoms with E-state index in [9.17, 15) is 19.6 Å². The lowest BCUT2D eigenvalue weighted by Gasteiger charge is -2.35. The number of carbonyl (C=O) groups excluding carboxylic acids is 3. The molecule has 1 saturated carbocycles. The minimum absolute atomic E-state index is 0.0574. The summed E-state index contributed by atoms with van der Waals surface area (Å²) in [6.07, 6.45) is 3.54. The Morgan fingerprint density at radius 1 is 1.00 bits per heavy atom. The highest BCUT2D eigenvalue weighted by Crippen LogP contribution is 2.48. The second-order valence-electron chi connectivity index (χ2n) is 11.6. The number of fused-ring (bicyclic) bond motifs is 3. The minimum atomic E-state index is -0.845. The maximum atomic E-state index is 13.2. The fourth-order valence-corrected chi connectivity index (χ4v) is 7.13. The lowest BCUT2D eigenvalue weighted by molar-refractivity contribution is -0.131. The monoisotopic (exact) mass is 581 g/mol. The Morgan fingerprint density at radius 3 is 2.16 bits per heavy atom. The van der Waals surface area contributed by atoms with Crippen molar-refractivity contribution in [1.29, 1.82) is 5.26 Å². The summed E-state index contributed by atoms with van der Waals surface area (Å²) in [7, 11) is 5.02. The molecule has 0 radical (unpaired) electrons. The predicted molar refractivity (Wildman–Crippen MR) is 156 cm³/mol. The molecule has 2 heterocycles. The van der Waals surface area contributed by atoms with E-state index in [2.05, 4.69) is 37.5 Å². The number of piperidine rings is 1. The van der Waals surface area contributed by atoms with Crippen molar-refractivity contribution in [2.75, 3.05) is 27.2 Å². The number of benzene rings is 2. The SMILES string of the molecule is CNC(=O)c1ccc2c(c1)CCc1cc(C(=O)NC)ccc1C2(CCNCC(=O)N1[C@H](C#N)C[C@@H]2C[C@@H]21)c1nnnn1C. The van der Waals surface area contributed by atoms with Crippen molar-refractivity contribution in [3.8, 4) is 6.07 Å². The van der Waals surface area contributed by atoms with Gasteiger partial charge in [0.1, 0.15) is 6.04 Å². The van der Waals surface area contributed by atoms with Crippen LogP contribution in [0.3, 0.4) is 0 Å². The fourth-order valence-electron chi connectivity index (χ4n) is 7.13. The molecule has 3 aromatic rings. The maximum Gasteiger partial charge on any atom is 0.251 e. The van der Waals surface area contributed by atoms with E-state index in [0.717, 1.165) is 35.1 Å². The lowest BCUT2D eigenvalue weighted by atomic mass is 9.69. The standard InChI is InChI=1S/C31H35N9O3/c1-33-28(42)20-6-8-24-18(12-20)4-5-19-13-21(29(43)34-2)7-9-25(19)31(24,30-36-37-38-39(30)3)10-11-35-17-27(41)40-23(16-32)14-22-15-26(22)40/h6-9,12-13,22-23,26,35H,4-5,10-11,14-15,17H2,1-3H3,(H,33,42)(H,34,43)/t22-,23+,26+/m1/s1. The van der Waals surface area contributed by atoms with E-state index in [1.807, 2.05) is 36.4 Å². The van der Waals surface area contributed by atoms with E-state index in [1.54, 1.807) is 30.7 Å². The van der Waals surface area contributed by atoms with E-state index in [-0.39, 0.29) is 36.3 Å². The third-order valence-corrected chi connectivity index (χ3v) is 9.27. The number of carbonyl (C=O) groups is 3. The van der Waals surface area contributed by atoms with Crippen LogP contribution in [0, 0.1) is 17.2 Å². The van der Waals surface area contributed by atoms with Gasteiger partial charge >= 0.3 is 0 Å². The molecule has 2 aliphatic carbocycles. The van der Waals surface area contributed by atoms with Crippen LogP contribution in [0.2, 0.25) is 0 Å². The molecule has 3 amide bonds. The van der Waals surface area contributed by atoms with Crippen molar-refractivity contribution in [3.63, 3.8) is 0 Å². The van der Waals surface area contributed by atoms with Gasteiger partial charge < -0.3 is 20.9 Å². The number of aromatic nitrogens is 4. The van der Waals surface area contributed by atoms with E-state index < -0.39 is 5.41 Å². The molecule has 0 bridgehead atoms. The van der Waals surface area contributed by atoms with Gasteiger partial charge in [-0.1, -0.05) is 12.1 Å². The molecule has 0 spiro atoms. The summed E-state index contributed by atoms with van der Waals surface area (Å²) in [6, 6.07) is 13.6. The Kier molecular flexibility index (Phi) is 7.43. The Labute approximate surface area is 249 Å². The molecule has 3 atom stereocenters. The lowest BCUT2D eigenvalue weighted by Crippen LogP contribution is -2.44. The van der Waals surface area contributed by atoms with E-state index in [0.29, 0.717) is 48.7 Å². The number of likely N-dealkylation sites (tertiary alicyclic amines) is 1. The topological polar surface area (TPSA) is 158 Å². The number of nitriles is 1. The smallest absolute Gasteiger partial charge is 0.251 e. The third kappa shape index (κ3) is 4.83. The number of hydrogen-bond donors (Lipinski definition) is 3. The normalized spacial score (nSPS) is 21.1. The van der Waals surface area contributed by atoms with Crippen molar-refractivity contribution < 1.29 is 14.4 Å².